The molecule has 1 atom stereocenters. The number of piperazine rings is 1. The van der Waals surface area contributed by atoms with Crippen molar-refractivity contribution in [1.82, 2.24) is 25.7 Å². The number of hydrogen-bond acceptors (Lipinski definition) is 6. The Morgan fingerprint density at radius 1 is 1.29 bits per heavy atom. The van der Waals surface area contributed by atoms with Gasteiger partial charge in [0.2, 0.25) is 11.8 Å². The molecule has 1 amide bonds. The summed E-state index contributed by atoms with van der Waals surface area (Å²) < 4.78 is 5.31. The molecule has 2 heterocycles. The fraction of sp³-hybridized carbons (Fsp3) is 0.350. The third kappa shape index (κ3) is 4.49. The van der Waals surface area contributed by atoms with Crippen LogP contribution in [0, 0.1) is 0 Å². The third-order valence-corrected chi connectivity index (χ3v) is 4.96. The van der Waals surface area contributed by atoms with E-state index in [1.54, 1.807) is 0 Å². The average molecular weight is 402 g/mol. The monoisotopic (exact) mass is 401 g/mol. The molecule has 1 aliphatic heterocycles. The maximum Gasteiger partial charge on any atom is 0.246 e. The van der Waals surface area contributed by atoms with Crippen LogP contribution in [0.3, 0.4) is 0 Å². The van der Waals surface area contributed by atoms with Gasteiger partial charge in [0.1, 0.15) is 0 Å². The fourth-order valence-corrected chi connectivity index (χ4v) is 3.43. The van der Waals surface area contributed by atoms with E-state index in [0.717, 1.165) is 36.0 Å². The smallest absolute Gasteiger partial charge is 0.246 e. The Labute approximate surface area is 169 Å². The topological polar surface area (TPSA) is 83.3 Å². The van der Waals surface area contributed by atoms with E-state index >= 15 is 0 Å². The SMILES string of the molecule is CN1CCNCC1c1noc(CNC(=O)Cc2cccc3ccccc23)n1.Cl. The molecule has 0 radical (unpaired) electrons. The third-order valence-electron chi connectivity index (χ3n) is 4.96. The van der Waals surface area contributed by atoms with Gasteiger partial charge < -0.3 is 15.2 Å². The molecule has 0 saturated carbocycles. The highest BCUT2D eigenvalue weighted by molar-refractivity contribution is 5.90. The summed E-state index contributed by atoms with van der Waals surface area (Å²) in [5, 5.41) is 12.5. The molecule has 148 valence electrons. The molecule has 3 aromatic rings. The molecule has 8 heteroatoms. The van der Waals surface area contributed by atoms with Crippen LogP contribution in [0.4, 0.5) is 0 Å². The summed E-state index contributed by atoms with van der Waals surface area (Å²) in [6.45, 7) is 2.93. The number of fused-ring (bicyclic) bond motifs is 1. The van der Waals surface area contributed by atoms with Gasteiger partial charge >= 0.3 is 0 Å². The Kier molecular flexibility index (Phi) is 6.61. The van der Waals surface area contributed by atoms with Crippen molar-refractivity contribution < 1.29 is 9.32 Å². The number of carbonyl (C=O) groups is 1. The second kappa shape index (κ2) is 9.14. The molecule has 1 aromatic heterocycles. The molecule has 28 heavy (non-hydrogen) atoms. The quantitative estimate of drug-likeness (QED) is 0.681. The number of carbonyl (C=O) groups excluding carboxylic acids is 1. The first-order valence-corrected chi connectivity index (χ1v) is 9.17. The summed E-state index contributed by atoms with van der Waals surface area (Å²) >= 11 is 0. The van der Waals surface area contributed by atoms with Crippen LogP contribution in [0.1, 0.15) is 23.3 Å². The molecule has 0 aliphatic carbocycles. The number of rotatable bonds is 5. The molecule has 0 spiro atoms. The first-order chi connectivity index (χ1) is 13.2. The van der Waals surface area contributed by atoms with Crippen molar-refractivity contribution in [1.29, 1.82) is 0 Å². The molecule has 1 unspecified atom stereocenters. The number of hydrogen-bond donors (Lipinski definition) is 2. The summed E-state index contributed by atoms with van der Waals surface area (Å²) in [5.41, 5.74) is 1.01. The Morgan fingerprint density at radius 3 is 2.96 bits per heavy atom. The number of likely N-dealkylation sites (N-methyl/N-ethyl adjacent to an activating group) is 1. The summed E-state index contributed by atoms with van der Waals surface area (Å²) in [7, 11) is 2.05. The summed E-state index contributed by atoms with van der Waals surface area (Å²) in [6.07, 6.45) is 0.317. The first kappa shape index (κ1) is 20.3. The molecular formula is C20H24ClN5O2. The zero-order chi connectivity index (χ0) is 18.6. The van der Waals surface area contributed by atoms with Crippen LogP contribution in [0.2, 0.25) is 0 Å². The number of amides is 1. The number of aromatic nitrogens is 2. The Balaban J connectivity index is 0.00000225. The van der Waals surface area contributed by atoms with Crippen molar-refractivity contribution in [3.63, 3.8) is 0 Å². The minimum absolute atomic E-state index is 0. The minimum atomic E-state index is -0.0671. The predicted octanol–water partition coefficient (Wildman–Crippen LogP) is 2.08. The number of benzene rings is 2. The number of nitrogens with zero attached hydrogens (tertiary/aromatic N) is 3. The van der Waals surface area contributed by atoms with E-state index in [1.165, 1.54) is 0 Å². The molecule has 1 fully saturated rings. The summed E-state index contributed by atoms with van der Waals surface area (Å²) in [4.78, 5) is 19.0. The van der Waals surface area contributed by atoms with Crippen LogP contribution in [0.5, 0.6) is 0 Å². The van der Waals surface area contributed by atoms with Crippen LogP contribution in [0.25, 0.3) is 10.8 Å². The normalized spacial score (nSPS) is 17.2. The second-order valence-electron chi connectivity index (χ2n) is 6.84. The van der Waals surface area contributed by atoms with Crippen molar-refractivity contribution in [2.24, 2.45) is 0 Å². The lowest BCUT2D eigenvalue weighted by Crippen LogP contribution is -2.44. The van der Waals surface area contributed by atoms with Gasteiger partial charge in [-0.1, -0.05) is 47.6 Å². The number of nitrogens with one attached hydrogen (secondary N) is 2. The highest BCUT2D eigenvalue weighted by Gasteiger charge is 2.25. The maximum absolute atomic E-state index is 12.4. The predicted molar refractivity (Wildman–Crippen MR) is 109 cm³/mol. The molecule has 4 rings (SSSR count). The van der Waals surface area contributed by atoms with Gasteiger partial charge in [0.25, 0.3) is 0 Å². The Morgan fingerprint density at radius 2 is 2.11 bits per heavy atom. The van der Waals surface area contributed by atoms with E-state index < -0.39 is 0 Å². The van der Waals surface area contributed by atoms with E-state index in [0.29, 0.717) is 18.1 Å². The first-order valence-electron chi connectivity index (χ1n) is 9.17. The van der Waals surface area contributed by atoms with E-state index in [1.807, 2.05) is 49.5 Å². The van der Waals surface area contributed by atoms with E-state index in [4.69, 9.17) is 4.52 Å². The standard InChI is InChI=1S/C20H23N5O2.ClH/c1-25-10-9-21-12-17(25)20-23-19(27-24-20)13-22-18(26)11-15-7-4-6-14-5-2-3-8-16(14)15;/h2-8,17,21H,9-13H2,1H3,(H,22,26);1H. The molecule has 0 bridgehead atoms. The van der Waals surface area contributed by atoms with Gasteiger partial charge in [0.15, 0.2) is 5.82 Å². The van der Waals surface area contributed by atoms with Crippen LogP contribution in [0.15, 0.2) is 47.0 Å². The zero-order valence-electron chi connectivity index (χ0n) is 15.7. The van der Waals surface area contributed by atoms with E-state index in [2.05, 4.69) is 25.7 Å². The highest BCUT2D eigenvalue weighted by Crippen LogP contribution is 2.19. The van der Waals surface area contributed by atoms with E-state index in [9.17, 15) is 4.79 Å². The molecule has 2 N–H and O–H groups in total. The van der Waals surface area contributed by atoms with Crippen LogP contribution in [-0.4, -0.2) is 47.6 Å². The van der Waals surface area contributed by atoms with E-state index in [-0.39, 0.29) is 30.9 Å². The van der Waals surface area contributed by atoms with Gasteiger partial charge in [-0.05, 0) is 23.4 Å². The van der Waals surface area contributed by atoms with Crippen molar-refractivity contribution >= 4 is 29.1 Å². The fourth-order valence-electron chi connectivity index (χ4n) is 3.43. The van der Waals surface area contributed by atoms with Gasteiger partial charge in [0, 0.05) is 19.6 Å². The van der Waals surface area contributed by atoms with Crippen LogP contribution >= 0.6 is 12.4 Å². The van der Waals surface area contributed by atoms with Crippen molar-refractivity contribution in [2.75, 3.05) is 26.7 Å². The van der Waals surface area contributed by atoms with Gasteiger partial charge in [0.05, 0.1) is 19.0 Å². The average Bonchev–Trinajstić information content (AvgIpc) is 3.16. The number of halogens is 1. The lowest BCUT2D eigenvalue weighted by Gasteiger charge is -2.30. The highest BCUT2D eigenvalue weighted by atomic mass is 35.5. The largest absolute Gasteiger partial charge is 0.347 e. The van der Waals surface area contributed by atoms with Gasteiger partial charge in [-0.2, -0.15) is 4.98 Å². The molecule has 1 saturated heterocycles. The van der Waals surface area contributed by atoms with Crippen LogP contribution < -0.4 is 10.6 Å². The summed E-state index contributed by atoms with van der Waals surface area (Å²) in [6, 6.07) is 14.2. The zero-order valence-corrected chi connectivity index (χ0v) is 16.5. The van der Waals surface area contributed by atoms with Gasteiger partial charge in [-0.3, -0.25) is 9.69 Å². The lowest BCUT2D eigenvalue weighted by molar-refractivity contribution is -0.120. The Bertz CT molecular complexity index is 940. The molecular weight excluding hydrogens is 378 g/mol. The van der Waals surface area contributed by atoms with Crippen molar-refractivity contribution in [2.45, 2.75) is 19.0 Å². The minimum Gasteiger partial charge on any atom is -0.347 e. The lowest BCUT2D eigenvalue weighted by atomic mass is 10.0. The Hall–Kier alpha value is -2.48. The van der Waals surface area contributed by atoms with Gasteiger partial charge in [-0.15, -0.1) is 12.4 Å². The van der Waals surface area contributed by atoms with Gasteiger partial charge in [-0.25, -0.2) is 0 Å². The second-order valence-corrected chi connectivity index (χ2v) is 6.84. The maximum atomic E-state index is 12.4. The molecule has 2 aromatic carbocycles. The van der Waals surface area contributed by atoms with Crippen molar-refractivity contribution in [3.8, 4) is 0 Å². The van der Waals surface area contributed by atoms with Crippen LogP contribution in [-0.2, 0) is 17.8 Å². The molecule has 7 nitrogen and oxygen atoms in total. The molecule has 1 aliphatic rings. The van der Waals surface area contributed by atoms with Crippen molar-refractivity contribution in [3.05, 3.63) is 59.7 Å². The summed E-state index contributed by atoms with van der Waals surface area (Å²) in [5.74, 6) is 1.01.